The smallest absolute Gasteiger partial charge is 0.293 e. The Morgan fingerprint density at radius 1 is 1.29 bits per heavy atom. The Hall–Kier alpha value is -2.14. The van der Waals surface area contributed by atoms with Gasteiger partial charge in [0.2, 0.25) is 0 Å². The normalized spacial score (nSPS) is 19.2. The summed E-state index contributed by atoms with van der Waals surface area (Å²) in [5.74, 6) is 2.21. The number of rotatable bonds is 2. The molecule has 1 aliphatic heterocycles. The van der Waals surface area contributed by atoms with Crippen LogP contribution in [0.3, 0.4) is 0 Å². The average Bonchev–Trinajstić information content (AvgIpc) is 3.14. The largest absolute Gasteiger partial charge is 0.451 e. The second-order valence-electron chi connectivity index (χ2n) is 5.65. The summed E-state index contributed by atoms with van der Waals surface area (Å²) < 4.78 is 11.2. The van der Waals surface area contributed by atoms with E-state index in [2.05, 4.69) is 28.4 Å². The maximum absolute atomic E-state index is 5.80. The molecule has 1 aromatic carbocycles. The number of aryl methyl sites for hydroxylation is 1. The van der Waals surface area contributed by atoms with E-state index in [4.69, 9.17) is 8.94 Å². The zero-order valence-corrected chi connectivity index (χ0v) is 11.9. The van der Waals surface area contributed by atoms with Crippen molar-refractivity contribution in [3.63, 3.8) is 0 Å². The van der Waals surface area contributed by atoms with Crippen LogP contribution in [0.5, 0.6) is 0 Å². The van der Waals surface area contributed by atoms with Crippen LogP contribution in [0.1, 0.15) is 30.1 Å². The molecule has 1 saturated heterocycles. The Morgan fingerprint density at radius 3 is 3.10 bits per heavy atom. The first kappa shape index (κ1) is 12.6. The number of nitrogens with zero attached hydrogens (tertiary/aromatic N) is 2. The zero-order valence-electron chi connectivity index (χ0n) is 11.9. The van der Waals surface area contributed by atoms with E-state index in [9.17, 15) is 0 Å². The van der Waals surface area contributed by atoms with Gasteiger partial charge in [-0.15, -0.1) is 0 Å². The molecule has 1 atom stereocenters. The molecule has 5 nitrogen and oxygen atoms in total. The molecule has 2 aromatic heterocycles. The lowest BCUT2D eigenvalue weighted by atomic mass is 9.99. The van der Waals surface area contributed by atoms with Crippen molar-refractivity contribution in [3.8, 4) is 11.7 Å². The van der Waals surface area contributed by atoms with E-state index in [1.807, 2.05) is 18.2 Å². The summed E-state index contributed by atoms with van der Waals surface area (Å²) in [6, 6.07) is 8.04. The third kappa shape index (κ3) is 2.34. The van der Waals surface area contributed by atoms with Crippen LogP contribution in [-0.4, -0.2) is 23.2 Å². The highest BCUT2D eigenvalue weighted by Gasteiger charge is 2.22. The van der Waals surface area contributed by atoms with Gasteiger partial charge in [-0.05, 0) is 44.5 Å². The van der Waals surface area contributed by atoms with Gasteiger partial charge in [-0.1, -0.05) is 16.8 Å². The summed E-state index contributed by atoms with van der Waals surface area (Å²) in [5, 5.41) is 8.54. The molecule has 0 spiro atoms. The summed E-state index contributed by atoms with van der Waals surface area (Å²) in [4.78, 5) is 4.51. The molecular formula is C16H17N3O2. The third-order valence-electron chi connectivity index (χ3n) is 3.99. The Kier molecular flexibility index (Phi) is 3.00. The number of fused-ring (bicyclic) bond motifs is 1. The number of hydrogen-bond acceptors (Lipinski definition) is 5. The molecule has 3 heterocycles. The highest BCUT2D eigenvalue weighted by Crippen LogP contribution is 2.29. The number of piperidine rings is 1. The first-order valence-corrected chi connectivity index (χ1v) is 7.34. The number of furan rings is 1. The number of benzene rings is 1. The van der Waals surface area contributed by atoms with Crippen molar-refractivity contribution in [1.82, 2.24) is 15.5 Å². The summed E-state index contributed by atoms with van der Waals surface area (Å²) in [7, 11) is 0. The number of nitrogens with one attached hydrogen (secondary N) is 1. The first-order chi connectivity index (χ1) is 10.3. The number of aromatic nitrogens is 2. The van der Waals surface area contributed by atoms with Crippen molar-refractivity contribution in [2.75, 3.05) is 13.1 Å². The van der Waals surface area contributed by atoms with Crippen molar-refractivity contribution < 1.29 is 8.94 Å². The second-order valence-corrected chi connectivity index (χ2v) is 5.65. The molecule has 0 radical (unpaired) electrons. The van der Waals surface area contributed by atoms with Gasteiger partial charge in [-0.2, -0.15) is 4.98 Å². The zero-order chi connectivity index (χ0) is 14.2. The fourth-order valence-corrected chi connectivity index (χ4v) is 2.84. The van der Waals surface area contributed by atoms with Crippen LogP contribution in [0.4, 0.5) is 0 Å². The molecule has 3 aromatic rings. The van der Waals surface area contributed by atoms with Gasteiger partial charge in [-0.25, -0.2) is 0 Å². The third-order valence-corrected chi connectivity index (χ3v) is 3.99. The predicted molar refractivity (Wildman–Crippen MR) is 79.1 cm³/mol. The lowest BCUT2D eigenvalue weighted by Gasteiger charge is -2.19. The maximum atomic E-state index is 5.80. The number of hydrogen-bond donors (Lipinski definition) is 1. The average molecular weight is 283 g/mol. The molecule has 1 unspecified atom stereocenters. The Balaban J connectivity index is 1.67. The summed E-state index contributed by atoms with van der Waals surface area (Å²) in [6.07, 6.45) is 2.25. The first-order valence-electron chi connectivity index (χ1n) is 7.34. The van der Waals surface area contributed by atoms with Gasteiger partial charge in [0.15, 0.2) is 11.6 Å². The van der Waals surface area contributed by atoms with Crippen LogP contribution < -0.4 is 5.32 Å². The summed E-state index contributed by atoms with van der Waals surface area (Å²) in [6.45, 7) is 4.05. The predicted octanol–water partition coefficient (Wildman–Crippen LogP) is 3.26. The molecule has 1 fully saturated rings. The standard InChI is InChI=1S/C16H17N3O2/c1-10-4-5-13-12(7-10)8-14(20-13)16-18-15(19-21-16)11-3-2-6-17-9-11/h4-5,7-8,11,17H,2-3,6,9H2,1H3. The Labute approximate surface area is 122 Å². The molecule has 21 heavy (non-hydrogen) atoms. The van der Waals surface area contributed by atoms with E-state index in [1.54, 1.807) is 0 Å². The molecule has 5 heteroatoms. The van der Waals surface area contributed by atoms with Gasteiger partial charge < -0.3 is 14.3 Å². The van der Waals surface area contributed by atoms with E-state index in [0.29, 0.717) is 17.6 Å². The Morgan fingerprint density at radius 2 is 2.24 bits per heavy atom. The molecule has 4 rings (SSSR count). The minimum absolute atomic E-state index is 0.336. The summed E-state index contributed by atoms with van der Waals surface area (Å²) in [5.41, 5.74) is 2.05. The van der Waals surface area contributed by atoms with Crippen molar-refractivity contribution in [3.05, 3.63) is 35.7 Å². The molecule has 108 valence electrons. The molecule has 0 amide bonds. The van der Waals surface area contributed by atoms with Gasteiger partial charge in [-0.3, -0.25) is 0 Å². The Bertz CT molecular complexity index is 769. The summed E-state index contributed by atoms with van der Waals surface area (Å²) >= 11 is 0. The monoisotopic (exact) mass is 283 g/mol. The van der Waals surface area contributed by atoms with E-state index in [-0.39, 0.29) is 0 Å². The topological polar surface area (TPSA) is 64.1 Å². The van der Waals surface area contributed by atoms with Crippen molar-refractivity contribution in [1.29, 1.82) is 0 Å². The van der Waals surface area contributed by atoms with Crippen LogP contribution in [0.15, 0.2) is 33.2 Å². The maximum Gasteiger partial charge on any atom is 0.293 e. The molecule has 1 N–H and O–H groups in total. The fourth-order valence-electron chi connectivity index (χ4n) is 2.84. The van der Waals surface area contributed by atoms with Gasteiger partial charge in [0.25, 0.3) is 5.89 Å². The minimum Gasteiger partial charge on any atom is -0.451 e. The molecule has 0 saturated carbocycles. The molecule has 0 aliphatic carbocycles. The van der Waals surface area contributed by atoms with Gasteiger partial charge >= 0.3 is 0 Å². The minimum atomic E-state index is 0.336. The molecule has 1 aliphatic rings. The molecular weight excluding hydrogens is 266 g/mol. The quantitative estimate of drug-likeness (QED) is 0.782. The van der Waals surface area contributed by atoms with E-state index < -0.39 is 0 Å². The van der Waals surface area contributed by atoms with E-state index in [1.165, 1.54) is 5.56 Å². The van der Waals surface area contributed by atoms with Crippen molar-refractivity contribution in [2.45, 2.75) is 25.7 Å². The lowest BCUT2D eigenvalue weighted by Crippen LogP contribution is -2.28. The van der Waals surface area contributed by atoms with Crippen LogP contribution in [0.25, 0.3) is 22.6 Å². The van der Waals surface area contributed by atoms with Crippen LogP contribution in [-0.2, 0) is 0 Å². The van der Waals surface area contributed by atoms with Crippen LogP contribution in [0.2, 0.25) is 0 Å². The SMILES string of the molecule is Cc1ccc2oc(-c3nc(C4CCCNC4)no3)cc2c1. The highest BCUT2D eigenvalue weighted by atomic mass is 16.5. The second kappa shape index (κ2) is 5.00. The molecule has 0 bridgehead atoms. The van der Waals surface area contributed by atoms with Crippen molar-refractivity contribution in [2.24, 2.45) is 0 Å². The van der Waals surface area contributed by atoms with Crippen LogP contribution in [0, 0.1) is 6.92 Å². The fraction of sp³-hybridized carbons (Fsp3) is 0.375. The van der Waals surface area contributed by atoms with Gasteiger partial charge in [0.05, 0.1) is 0 Å². The lowest BCUT2D eigenvalue weighted by molar-refractivity contribution is 0.388. The highest BCUT2D eigenvalue weighted by molar-refractivity contribution is 5.82. The van der Waals surface area contributed by atoms with E-state index in [0.717, 1.165) is 42.7 Å². The van der Waals surface area contributed by atoms with Crippen LogP contribution >= 0.6 is 0 Å². The van der Waals surface area contributed by atoms with Gasteiger partial charge in [0, 0.05) is 17.8 Å². The van der Waals surface area contributed by atoms with Crippen molar-refractivity contribution >= 4 is 11.0 Å². The van der Waals surface area contributed by atoms with Gasteiger partial charge in [0.1, 0.15) is 5.58 Å². The van der Waals surface area contributed by atoms with E-state index >= 15 is 0 Å².